The normalized spacial score (nSPS) is 10.5. The van der Waals surface area contributed by atoms with Gasteiger partial charge in [-0.25, -0.2) is 4.98 Å². The van der Waals surface area contributed by atoms with Gasteiger partial charge in [0.15, 0.2) is 0 Å². The lowest BCUT2D eigenvalue weighted by molar-refractivity contribution is -0.304. The van der Waals surface area contributed by atoms with Gasteiger partial charge in [0.1, 0.15) is 10.8 Å². The third-order valence-corrected chi connectivity index (χ3v) is 4.49. The topological polar surface area (TPSA) is 62.2 Å². The Kier molecular flexibility index (Phi) is 4.39. The third-order valence-electron chi connectivity index (χ3n) is 3.39. The summed E-state index contributed by atoms with van der Waals surface area (Å²) >= 11 is 1.38. The first-order valence-corrected chi connectivity index (χ1v) is 7.88. The molecule has 3 aromatic rings. The van der Waals surface area contributed by atoms with Crippen molar-refractivity contribution < 1.29 is 14.6 Å². The van der Waals surface area contributed by atoms with Gasteiger partial charge in [-0.05, 0) is 24.3 Å². The zero-order valence-corrected chi connectivity index (χ0v) is 13.3. The number of carboxylic acid groups (broad SMARTS) is 1. The van der Waals surface area contributed by atoms with Gasteiger partial charge < -0.3 is 14.6 Å². The summed E-state index contributed by atoms with van der Waals surface area (Å²) in [6, 6.07) is 17.1. The summed E-state index contributed by atoms with van der Waals surface area (Å²) in [4.78, 5) is 16.4. The molecule has 4 nitrogen and oxygen atoms in total. The number of carbonyl (C=O) groups is 1. The van der Waals surface area contributed by atoms with Crippen LogP contribution in [0.15, 0.2) is 54.6 Å². The zero-order chi connectivity index (χ0) is 16.2. The van der Waals surface area contributed by atoms with Gasteiger partial charge in [-0.2, -0.15) is 0 Å². The molecule has 116 valence electrons. The summed E-state index contributed by atoms with van der Waals surface area (Å²) < 4.78 is 5.15. The fourth-order valence-corrected chi connectivity index (χ4v) is 3.36. The highest BCUT2D eigenvalue weighted by Crippen LogP contribution is 2.34. The van der Waals surface area contributed by atoms with Crippen molar-refractivity contribution in [3.63, 3.8) is 0 Å². The molecule has 0 radical (unpaired) electrons. The molecular formula is C18H14NO3S-. The van der Waals surface area contributed by atoms with E-state index in [4.69, 9.17) is 4.74 Å². The van der Waals surface area contributed by atoms with Crippen LogP contribution in [0, 0.1) is 0 Å². The standard InChI is InChI=1S/C18H15NO3S/c1-22-14-9-7-12(8-10-14)17-15(11-16(20)21)23-18(19-17)13-5-3-2-4-6-13/h2-10H,11H2,1H3,(H,20,21)/p-1. The number of carbonyl (C=O) groups excluding carboxylic acids is 1. The molecule has 0 aliphatic heterocycles. The van der Waals surface area contributed by atoms with Gasteiger partial charge in [0, 0.05) is 28.4 Å². The first-order valence-electron chi connectivity index (χ1n) is 7.07. The summed E-state index contributed by atoms with van der Waals surface area (Å²) in [6.45, 7) is 0. The van der Waals surface area contributed by atoms with Crippen LogP contribution in [0.3, 0.4) is 0 Å². The minimum absolute atomic E-state index is 0.147. The third kappa shape index (κ3) is 3.40. The van der Waals surface area contributed by atoms with E-state index in [0.29, 0.717) is 10.6 Å². The summed E-state index contributed by atoms with van der Waals surface area (Å²) in [7, 11) is 1.60. The van der Waals surface area contributed by atoms with Crippen molar-refractivity contribution in [3.05, 3.63) is 59.5 Å². The van der Waals surface area contributed by atoms with Crippen molar-refractivity contribution in [3.8, 4) is 27.6 Å². The molecule has 1 heterocycles. The Hall–Kier alpha value is -2.66. The van der Waals surface area contributed by atoms with E-state index in [0.717, 1.165) is 21.9 Å². The van der Waals surface area contributed by atoms with E-state index >= 15 is 0 Å². The number of ether oxygens (including phenoxy) is 1. The van der Waals surface area contributed by atoms with Gasteiger partial charge in [0.2, 0.25) is 0 Å². The molecule has 0 atom stereocenters. The summed E-state index contributed by atoms with van der Waals surface area (Å²) in [6.07, 6.45) is -0.147. The Bertz CT molecular complexity index is 810. The molecule has 1 aromatic heterocycles. The number of hydrogen-bond donors (Lipinski definition) is 0. The molecule has 0 saturated heterocycles. The highest BCUT2D eigenvalue weighted by Gasteiger charge is 2.14. The average Bonchev–Trinajstić information content (AvgIpc) is 2.99. The van der Waals surface area contributed by atoms with Crippen molar-refractivity contribution in [1.82, 2.24) is 4.98 Å². The predicted molar refractivity (Wildman–Crippen MR) is 88.2 cm³/mol. The molecule has 0 N–H and O–H groups in total. The van der Waals surface area contributed by atoms with E-state index < -0.39 is 5.97 Å². The molecule has 2 aromatic carbocycles. The van der Waals surface area contributed by atoms with Crippen LogP contribution in [0.5, 0.6) is 5.75 Å². The minimum Gasteiger partial charge on any atom is -0.550 e. The molecule has 0 aliphatic rings. The number of benzene rings is 2. The Balaban J connectivity index is 2.06. The van der Waals surface area contributed by atoms with Gasteiger partial charge in [0.05, 0.1) is 12.8 Å². The number of nitrogens with zero attached hydrogens (tertiary/aromatic N) is 1. The lowest BCUT2D eigenvalue weighted by Gasteiger charge is -2.04. The number of methoxy groups -OCH3 is 1. The van der Waals surface area contributed by atoms with Crippen LogP contribution in [0.25, 0.3) is 21.8 Å². The van der Waals surface area contributed by atoms with Crippen LogP contribution in [0.2, 0.25) is 0 Å². The van der Waals surface area contributed by atoms with Gasteiger partial charge in [-0.15, -0.1) is 11.3 Å². The second-order valence-electron chi connectivity index (χ2n) is 4.93. The summed E-state index contributed by atoms with van der Waals surface area (Å²) in [5.74, 6) is -0.364. The lowest BCUT2D eigenvalue weighted by atomic mass is 10.1. The fraction of sp³-hybridized carbons (Fsp3) is 0.111. The van der Waals surface area contributed by atoms with E-state index in [9.17, 15) is 9.90 Å². The second-order valence-corrected chi connectivity index (χ2v) is 6.02. The quantitative estimate of drug-likeness (QED) is 0.724. The Labute approximate surface area is 138 Å². The Morgan fingerprint density at radius 1 is 1.09 bits per heavy atom. The van der Waals surface area contributed by atoms with Crippen molar-refractivity contribution in [2.75, 3.05) is 7.11 Å². The molecule has 0 aliphatic carbocycles. The SMILES string of the molecule is COc1ccc(-c2nc(-c3ccccc3)sc2CC(=O)[O-])cc1. The molecule has 0 spiro atoms. The van der Waals surface area contributed by atoms with Gasteiger partial charge in [0.25, 0.3) is 0 Å². The zero-order valence-electron chi connectivity index (χ0n) is 12.5. The monoisotopic (exact) mass is 324 g/mol. The van der Waals surface area contributed by atoms with Crippen LogP contribution in [0.1, 0.15) is 4.88 Å². The second kappa shape index (κ2) is 6.62. The van der Waals surface area contributed by atoms with Crippen LogP contribution < -0.4 is 9.84 Å². The molecule has 0 amide bonds. The molecule has 23 heavy (non-hydrogen) atoms. The van der Waals surface area contributed by atoms with Crippen molar-refractivity contribution in [1.29, 1.82) is 0 Å². The van der Waals surface area contributed by atoms with Crippen molar-refractivity contribution in [2.45, 2.75) is 6.42 Å². The molecule has 0 unspecified atom stereocenters. The molecule has 0 saturated carbocycles. The number of carboxylic acids is 1. The van der Waals surface area contributed by atoms with E-state index in [1.807, 2.05) is 54.6 Å². The van der Waals surface area contributed by atoms with E-state index in [2.05, 4.69) is 4.98 Å². The maximum atomic E-state index is 11.0. The van der Waals surface area contributed by atoms with E-state index in [-0.39, 0.29) is 6.42 Å². The summed E-state index contributed by atoms with van der Waals surface area (Å²) in [5.41, 5.74) is 2.51. The van der Waals surface area contributed by atoms with Crippen molar-refractivity contribution in [2.24, 2.45) is 0 Å². The Morgan fingerprint density at radius 2 is 1.78 bits per heavy atom. The highest BCUT2D eigenvalue weighted by molar-refractivity contribution is 7.15. The number of rotatable bonds is 5. The lowest BCUT2D eigenvalue weighted by Crippen LogP contribution is -2.24. The fourth-order valence-electron chi connectivity index (χ4n) is 2.28. The average molecular weight is 324 g/mol. The van der Waals surface area contributed by atoms with Gasteiger partial charge >= 0.3 is 0 Å². The summed E-state index contributed by atoms with van der Waals surface area (Å²) in [5, 5.41) is 11.8. The molecule has 5 heteroatoms. The van der Waals surface area contributed by atoms with Crippen molar-refractivity contribution >= 4 is 17.3 Å². The van der Waals surface area contributed by atoms with Crippen LogP contribution >= 0.6 is 11.3 Å². The van der Waals surface area contributed by atoms with E-state index in [1.165, 1.54) is 11.3 Å². The molecular weight excluding hydrogens is 310 g/mol. The number of aliphatic carboxylic acids is 1. The molecule has 0 bridgehead atoms. The molecule has 3 rings (SSSR count). The van der Waals surface area contributed by atoms with Gasteiger partial charge in [-0.3, -0.25) is 0 Å². The first kappa shape index (κ1) is 15.2. The highest BCUT2D eigenvalue weighted by atomic mass is 32.1. The van der Waals surface area contributed by atoms with Crippen LogP contribution in [-0.2, 0) is 11.2 Å². The number of thiazole rings is 1. The molecule has 0 fully saturated rings. The first-order chi connectivity index (χ1) is 11.2. The number of hydrogen-bond acceptors (Lipinski definition) is 5. The van der Waals surface area contributed by atoms with Gasteiger partial charge in [-0.1, -0.05) is 30.3 Å². The number of aromatic nitrogens is 1. The van der Waals surface area contributed by atoms with E-state index in [1.54, 1.807) is 7.11 Å². The van der Waals surface area contributed by atoms with Crippen LogP contribution in [0.4, 0.5) is 0 Å². The predicted octanol–water partition coefficient (Wildman–Crippen LogP) is 2.78. The maximum absolute atomic E-state index is 11.0. The van der Waals surface area contributed by atoms with Crippen LogP contribution in [-0.4, -0.2) is 18.1 Å². The minimum atomic E-state index is -1.11. The Morgan fingerprint density at radius 3 is 2.39 bits per heavy atom. The smallest absolute Gasteiger partial charge is 0.124 e. The maximum Gasteiger partial charge on any atom is 0.124 e. The largest absolute Gasteiger partial charge is 0.550 e.